The molecule has 2 aromatic heterocycles. The molecule has 0 bridgehead atoms. The fourth-order valence-electron chi connectivity index (χ4n) is 2.91. The fraction of sp³-hybridized carbons (Fsp3) is 0.0952. The molecule has 4 rings (SSSR count). The van der Waals surface area contributed by atoms with Crippen molar-refractivity contribution in [2.24, 2.45) is 0 Å². The molecule has 0 N–H and O–H groups in total. The summed E-state index contributed by atoms with van der Waals surface area (Å²) in [6.45, 7) is 1.88. The van der Waals surface area contributed by atoms with Crippen LogP contribution in [0.25, 0.3) is 21.9 Å². The van der Waals surface area contributed by atoms with E-state index in [-0.39, 0.29) is 6.61 Å². The number of aromatic nitrogens is 1. The molecule has 6 heteroatoms. The van der Waals surface area contributed by atoms with Crippen molar-refractivity contribution in [2.45, 2.75) is 13.5 Å². The molecule has 0 spiro atoms. The van der Waals surface area contributed by atoms with Crippen LogP contribution in [0.2, 0.25) is 5.15 Å². The molecule has 0 radical (unpaired) electrons. The van der Waals surface area contributed by atoms with Gasteiger partial charge in [-0.25, -0.2) is 14.6 Å². The average Bonchev–Trinajstić information content (AvgIpc) is 2.64. The number of nitrogens with zero attached hydrogens (tertiary/aromatic N) is 1. The number of rotatable bonds is 3. The summed E-state index contributed by atoms with van der Waals surface area (Å²) in [5.41, 5.74) is 2.67. The maximum Gasteiger partial charge on any atom is 0.338 e. The van der Waals surface area contributed by atoms with E-state index in [2.05, 4.69) is 4.98 Å². The van der Waals surface area contributed by atoms with Crippen LogP contribution < -0.4 is 5.63 Å². The molecule has 0 saturated carbocycles. The Labute approximate surface area is 159 Å². The lowest BCUT2D eigenvalue weighted by molar-refractivity contribution is 0.0474. The largest absolute Gasteiger partial charge is 0.457 e. The molecule has 0 aliphatic heterocycles. The van der Waals surface area contributed by atoms with Gasteiger partial charge in [0, 0.05) is 22.4 Å². The van der Waals surface area contributed by atoms with E-state index in [0.29, 0.717) is 27.4 Å². The van der Waals surface area contributed by atoms with Gasteiger partial charge in [-0.15, -0.1) is 0 Å². The van der Waals surface area contributed by atoms with Crippen LogP contribution in [0.3, 0.4) is 0 Å². The molecule has 0 saturated heterocycles. The molecular formula is C21H14ClNO4. The molecule has 0 unspecified atom stereocenters. The molecular weight excluding hydrogens is 366 g/mol. The predicted molar refractivity (Wildman–Crippen MR) is 103 cm³/mol. The van der Waals surface area contributed by atoms with Crippen molar-refractivity contribution in [3.63, 3.8) is 0 Å². The van der Waals surface area contributed by atoms with Gasteiger partial charge in [0.1, 0.15) is 17.3 Å². The first kappa shape index (κ1) is 17.2. The Kier molecular flexibility index (Phi) is 4.38. The highest BCUT2D eigenvalue weighted by molar-refractivity contribution is 6.29. The van der Waals surface area contributed by atoms with Crippen molar-refractivity contribution in [2.75, 3.05) is 0 Å². The van der Waals surface area contributed by atoms with Gasteiger partial charge in [0.25, 0.3) is 0 Å². The molecule has 0 aliphatic rings. The smallest absolute Gasteiger partial charge is 0.338 e. The van der Waals surface area contributed by atoms with E-state index in [1.165, 1.54) is 6.07 Å². The molecule has 4 aromatic rings. The zero-order valence-electron chi connectivity index (χ0n) is 14.4. The van der Waals surface area contributed by atoms with Gasteiger partial charge < -0.3 is 9.15 Å². The first-order valence-electron chi connectivity index (χ1n) is 8.26. The first-order valence-corrected chi connectivity index (χ1v) is 8.64. The van der Waals surface area contributed by atoms with Gasteiger partial charge in [0.15, 0.2) is 0 Å². The van der Waals surface area contributed by atoms with Crippen LogP contribution in [0.5, 0.6) is 0 Å². The summed E-state index contributed by atoms with van der Waals surface area (Å²) in [5.74, 6) is -0.486. The number of benzene rings is 2. The maximum absolute atomic E-state index is 12.4. The Bertz CT molecular complexity index is 1250. The Morgan fingerprint density at radius 2 is 1.96 bits per heavy atom. The van der Waals surface area contributed by atoms with Crippen molar-refractivity contribution in [1.82, 2.24) is 4.98 Å². The van der Waals surface area contributed by atoms with Gasteiger partial charge in [-0.05, 0) is 48.9 Å². The molecule has 5 nitrogen and oxygen atoms in total. The molecule has 134 valence electrons. The number of hydrogen-bond donors (Lipinski definition) is 0. The van der Waals surface area contributed by atoms with Crippen LogP contribution in [0.1, 0.15) is 21.5 Å². The number of aryl methyl sites for hydroxylation is 1. The molecule has 0 amide bonds. The lowest BCUT2D eigenvalue weighted by Gasteiger charge is -2.08. The fourth-order valence-corrected chi connectivity index (χ4v) is 3.06. The molecule has 2 heterocycles. The van der Waals surface area contributed by atoms with E-state index in [9.17, 15) is 9.59 Å². The van der Waals surface area contributed by atoms with Gasteiger partial charge in [0.2, 0.25) is 0 Å². The summed E-state index contributed by atoms with van der Waals surface area (Å²) in [7, 11) is 0. The van der Waals surface area contributed by atoms with Crippen LogP contribution in [-0.2, 0) is 11.3 Å². The topological polar surface area (TPSA) is 69.4 Å². The number of fused-ring (bicyclic) bond motifs is 2. The molecule has 0 fully saturated rings. The second-order valence-corrected chi connectivity index (χ2v) is 6.60. The Morgan fingerprint density at radius 1 is 1.11 bits per heavy atom. The third kappa shape index (κ3) is 3.55. The van der Waals surface area contributed by atoms with Crippen molar-refractivity contribution < 1.29 is 13.9 Å². The minimum absolute atomic E-state index is 0.0269. The number of hydrogen-bond acceptors (Lipinski definition) is 5. The quantitative estimate of drug-likeness (QED) is 0.294. The summed E-state index contributed by atoms with van der Waals surface area (Å²) in [6, 6.07) is 15.4. The highest BCUT2D eigenvalue weighted by Gasteiger charge is 2.12. The van der Waals surface area contributed by atoms with Crippen molar-refractivity contribution in [3.05, 3.63) is 86.9 Å². The molecule has 0 atom stereocenters. The van der Waals surface area contributed by atoms with Crippen LogP contribution in [0.15, 0.2) is 63.8 Å². The second kappa shape index (κ2) is 6.85. The zero-order valence-corrected chi connectivity index (χ0v) is 15.1. The van der Waals surface area contributed by atoms with Gasteiger partial charge in [-0.2, -0.15) is 0 Å². The van der Waals surface area contributed by atoms with Gasteiger partial charge >= 0.3 is 11.6 Å². The summed E-state index contributed by atoms with van der Waals surface area (Å²) in [6.07, 6.45) is 0. The van der Waals surface area contributed by atoms with Crippen molar-refractivity contribution in [1.29, 1.82) is 0 Å². The monoisotopic (exact) mass is 379 g/mol. The number of pyridine rings is 1. The molecule has 2 aromatic carbocycles. The lowest BCUT2D eigenvalue weighted by atomic mass is 10.1. The van der Waals surface area contributed by atoms with Crippen LogP contribution in [-0.4, -0.2) is 11.0 Å². The third-order valence-corrected chi connectivity index (χ3v) is 4.45. The summed E-state index contributed by atoms with van der Waals surface area (Å²) >= 11 is 5.87. The molecule has 27 heavy (non-hydrogen) atoms. The highest BCUT2D eigenvalue weighted by Crippen LogP contribution is 2.21. The number of esters is 1. The van der Waals surface area contributed by atoms with Crippen molar-refractivity contribution >= 4 is 39.4 Å². The Balaban J connectivity index is 1.60. The first-order chi connectivity index (χ1) is 13.0. The SMILES string of the molecule is Cc1ccc2c(COC(=O)c3ccc4nc(Cl)ccc4c3)cc(=O)oc2c1. The maximum atomic E-state index is 12.4. The number of carbonyl (C=O) groups is 1. The Morgan fingerprint density at radius 3 is 2.81 bits per heavy atom. The zero-order chi connectivity index (χ0) is 19.0. The summed E-state index contributed by atoms with van der Waals surface area (Å²) < 4.78 is 10.6. The summed E-state index contributed by atoms with van der Waals surface area (Å²) in [5, 5.41) is 1.92. The average molecular weight is 380 g/mol. The van der Waals surface area contributed by atoms with E-state index in [1.807, 2.05) is 19.1 Å². The van der Waals surface area contributed by atoms with E-state index in [4.69, 9.17) is 20.8 Å². The van der Waals surface area contributed by atoms with Gasteiger partial charge in [-0.1, -0.05) is 23.7 Å². The van der Waals surface area contributed by atoms with E-state index < -0.39 is 11.6 Å². The van der Waals surface area contributed by atoms with Crippen molar-refractivity contribution in [3.8, 4) is 0 Å². The normalized spacial score (nSPS) is 11.0. The lowest BCUT2D eigenvalue weighted by Crippen LogP contribution is -2.08. The number of ether oxygens (including phenoxy) is 1. The molecule has 0 aliphatic carbocycles. The predicted octanol–water partition coefficient (Wildman–Crippen LogP) is 4.66. The minimum Gasteiger partial charge on any atom is -0.457 e. The Hall–Kier alpha value is -3.18. The van der Waals surface area contributed by atoms with Crippen LogP contribution >= 0.6 is 11.6 Å². The minimum atomic E-state index is -0.486. The third-order valence-electron chi connectivity index (χ3n) is 4.24. The van der Waals surface area contributed by atoms with Gasteiger partial charge in [-0.3, -0.25) is 0 Å². The van der Waals surface area contributed by atoms with Crippen LogP contribution in [0, 0.1) is 6.92 Å². The number of carbonyl (C=O) groups excluding carboxylic acids is 1. The van der Waals surface area contributed by atoms with E-state index in [0.717, 1.165) is 16.3 Å². The highest BCUT2D eigenvalue weighted by atomic mass is 35.5. The van der Waals surface area contributed by atoms with E-state index >= 15 is 0 Å². The second-order valence-electron chi connectivity index (χ2n) is 6.21. The standard InChI is InChI=1S/C21H14ClNO4/c1-12-2-5-16-15(10-20(24)27-18(16)8-12)11-26-21(25)14-3-6-17-13(9-14)4-7-19(22)23-17/h2-10H,11H2,1H3. The summed E-state index contributed by atoms with van der Waals surface area (Å²) in [4.78, 5) is 28.4. The van der Waals surface area contributed by atoms with Gasteiger partial charge in [0.05, 0.1) is 11.1 Å². The van der Waals surface area contributed by atoms with E-state index in [1.54, 1.807) is 36.4 Å². The number of halogens is 1. The van der Waals surface area contributed by atoms with Crippen LogP contribution in [0.4, 0.5) is 0 Å².